The van der Waals surface area contributed by atoms with Crippen molar-refractivity contribution in [1.29, 1.82) is 0 Å². The SMILES string of the molecule is CCC(=O)N1CCC(c2ccc(COc3ccc(Cl)cc3-c3cccc(-n4ncc(C(=O)O)c4C(F)(F)F)n3)cc2)CC1. The normalized spacial score (nSPS) is 14.1. The van der Waals surface area contributed by atoms with E-state index < -0.39 is 23.4 Å². The Kier molecular flexibility index (Phi) is 8.72. The van der Waals surface area contributed by atoms with Crippen LogP contribution in [-0.4, -0.2) is 49.7 Å². The highest BCUT2D eigenvalue weighted by molar-refractivity contribution is 6.31. The van der Waals surface area contributed by atoms with Gasteiger partial charge in [0.05, 0.1) is 11.9 Å². The number of hydrogen-bond donors (Lipinski definition) is 1. The topological polar surface area (TPSA) is 97.6 Å². The average Bonchev–Trinajstić information content (AvgIpc) is 3.47. The Hall–Kier alpha value is -4.38. The van der Waals surface area contributed by atoms with Crippen LogP contribution in [0.4, 0.5) is 13.2 Å². The van der Waals surface area contributed by atoms with Gasteiger partial charge < -0.3 is 14.7 Å². The Morgan fingerprint density at radius 1 is 1.07 bits per heavy atom. The Labute approximate surface area is 250 Å². The monoisotopic (exact) mass is 612 g/mol. The molecule has 1 saturated heterocycles. The average molecular weight is 613 g/mol. The first-order valence-electron chi connectivity index (χ1n) is 13.7. The molecule has 224 valence electrons. The Morgan fingerprint density at radius 3 is 2.44 bits per heavy atom. The lowest BCUT2D eigenvalue weighted by molar-refractivity contribution is -0.143. The third-order valence-corrected chi connectivity index (χ3v) is 7.67. The fourth-order valence-electron chi connectivity index (χ4n) is 5.20. The van der Waals surface area contributed by atoms with Crippen LogP contribution < -0.4 is 4.74 Å². The summed E-state index contributed by atoms with van der Waals surface area (Å²) in [5.41, 5.74) is 0.420. The van der Waals surface area contributed by atoms with Gasteiger partial charge in [0.25, 0.3) is 0 Å². The summed E-state index contributed by atoms with van der Waals surface area (Å²) in [5.74, 6) is -0.981. The number of carbonyl (C=O) groups is 2. The largest absolute Gasteiger partial charge is 0.488 e. The number of aromatic carboxylic acids is 1. The number of amides is 1. The summed E-state index contributed by atoms with van der Waals surface area (Å²) in [6.07, 6.45) is -1.97. The maximum Gasteiger partial charge on any atom is 0.434 e. The number of aromatic nitrogens is 3. The highest BCUT2D eigenvalue weighted by Gasteiger charge is 2.41. The van der Waals surface area contributed by atoms with Crippen LogP contribution in [0.2, 0.25) is 5.02 Å². The van der Waals surface area contributed by atoms with Crippen molar-refractivity contribution in [3.8, 4) is 22.8 Å². The lowest BCUT2D eigenvalue weighted by atomic mass is 9.89. The van der Waals surface area contributed by atoms with E-state index in [0.29, 0.717) is 39.6 Å². The van der Waals surface area contributed by atoms with Crippen molar-refractivity contribution in [3.63, 3.8) is 0 Å². The van der Waals surface area contributed by atoms with Crippen molar-refractivity contribution in [2.24, 2.45) is 0 Å². The quantitative estimate of drug-likeness (QED) is 0.230. The molecular weight excluding hydrogens is 585 g/mol. The zero-order valence-corrected chi connectivity index (χ0v) is 23.9. The van der Waals surface area contributed by atoms with E-state index in [2.05, 4.69) is 22.2 Å². The number of carbonyl (C=O) groups excluding carboxylic acids is 1. The van der Waals surface area contributed by atoms with Gasteiger partial charge in [-0.2, -0.15) is 18.3 Å². The second kappa shape index (κ2) is 12.5. The number of halogens is 4. The summed E-state index contributed by atoms with van der Waals surface area (Å²) in [7, 11) is 0. The van der Waals surface area contributed by atoms with Gasteiger partial charge in [-0.3, -0.25) is 4.79 Å². The maximum absolute atomic E-state index is 13.8. The highest BCUT2D eigenvalue weighted by atomic mass is 35.5. The van der Waals surface area contributed by atoms with Gasteiger partial charge in [0.1, 0.15) is 17.9 Å². The van der Waals surface area contributed by atoms with Crippen molar-refractivity contribution < 1.29 is 32.6 Å². The van der Waals surface area contributed by atoms with Gasteiger partial charge in [-0.1, -0.05) is 48.9 Å². The molecule has 1 amide bonds. The molecule has 1 fully saturated rings. The molecule has 0 spiro atoms. The predicted octanol–water partition coefficient (Wildman–Crippen LogP) is 7.00. The van der Waals surface area contributed by atoms with Crippen LogP contribution in [0.3, 0.4) is 0 Å². The van der Waals surface area contributed by atoms with Gasteiger partial charge in [-0.05, 0) is 60.2 Å². The van der Waals surface area contributed by atoms with Crippen molar-refractivity contribution in [2.75, 3.05) is 13.1 Å². The highest BCUT2D eigenvalue weighted by Crippen LogP contribution is 2.36. The maximum atomic E-state index is 13.8. The van der Waals surface area contributed by atoms with E-state index in [4.69, 9.17) is 16.3 Å². The lowest BCUT2D eigenvalue weighted by Crippen LogP contribution is -2.37. The first-order valence-corrected chi connectivity index (χ1v) is 14.1. The number of carboxylic acid groups (broad SMARTS) is 1. The minimum atomic E-state index is -4.98. The molecule has 1 aliphatic rings. The minimum Gasteiger partial charge on any atom is -0.488 e. The summed E-state index contributed by atoms with van der Waals surface area (Å²) in [5, 5.41) is 13.3. The lowest BCUT2D eigenvalue weighted by Gasteiger charge is -2.32. The van der Waals surface area contributed by atoms with Crippen molar-refractivity contribution in [1.82, 2.24) is 19.7 Å². The van der Waals surface area contributed by atoms with Crippen LogP contribution in [0, 0.1) is 0 Å². The van der Waals surface area contributed by atoms with Crippen molar-refractivity contribution in [3.05, 3.63) is 94.3 Å². The molecule has 4 aromatic rings. The van der Waals surface area contributed by atoms with Crippen LogP contribution >= 0.6 is 11.6 Å². The van der Waals surface area contributed by atoms with E-state index in [1.54, 1.807) is 24.3 Å². The standard InChI is InChI=1S/C31H28ClF3N4O4/c1-2-28(40)38-14-12-21(13-15-38)20-8-6-19(7-9-20)18-43-26-11-10-22(32)16-23(26)25-4-3-5-27(37-25)39-29(31(33,34)35)24(17-36-39)30(41)42/h3-11,16-17,21H,2,12-15,18H2,1H3,(H,41,42). The molecular formula is C31H28ClF3N4O4. The molecule has 43 heavy (non-hydrogen) atoms. The third-order valence-electron chi connectivity index (χ3n) is 7.43. The summed E-state index contributed by atoms with van der Waals surface area (Å²) >= 11 is 6.25. The van der Waals surface area contributed by atoms with Crippen LogP contribution in [0.25, 0.3) is 17.1 Å². The second-order valence-electron chi connectivity index (χ2n) is 10.2. The molecule has 5 rings (SSSR count). The summed E-state index contributed by atoms with van der Waals surface area (Å²) < 4.78 is 47.9. The van der Waals surface area contributed by atoms with Crippen LogP contribution in [-0.2, 0) is 17.6 Å². The molecule has 2 aromatic heterocycles. The number of likely N-dealkylation sites (tertiary alicyclic amines) is 1. The van der Waals surface area contributed by atoms with E-state index in [0.717, 1.165) is 31.5 Å². The van der Waals surface area contributed by atoms with Crippen LogP contribution in [0.15, 0.2) is 66.9 Å². The zero-order chi connectivity index (χ0) is 30.7. The fraction of sp³-hybridized carbons (Fsp3) is 0.290. The van der Waals surface area contributed by atoms with Crippen molar-refractivity contribution in [2.45, 2.75) is 44.9 Å². The van der Waals surface area contributed by atoms with Gasteiger partial charge in [-0.25, -0.2) is 14.5 Å². The molecule has 2 aromatic carbocycles. The van der Waals surface area contributed by atoms with Gasteiger partial charge in [0, 0.05) is 30.1 Å². The Bertz CT molecular complexity index is 1630. The Balaban J connectivity index is 1.34. The first-order chi connectivity index (χ1) is 20.5. The predicted molar refractivity (Wildman–Crippen MR) is 153 cm³/mol. The van der Waals surface area contributed by atoms with Gasteiger partial charge >= 0.3 is 12.1 Å². The molecule has 0 unspecified atom stereocenters. The van der Waals surface area contributed by atoms with Crippen LogP contribution in [0.5, 0.6) is 5.75 Å². The van der Waals surface area contributed by atoms with Crippen molar-refractivity contribution >= 4 is 23.5 Å². The fourth-order valence-corrected chi connectivity index (χ4v) is 5.38. The minimum absolute atomic E-state index is 0.189. The number of rotatable bonds is 8. The van der Waals surface area contributed by atoms with Gasteiger partial charge in [0.15, 0.2) is 11.5 Å². The number of pyridine rings is 1. The third kappa shape index (κ3) is 6.67. The molecule has 1 N–H and O–H groups in total. The number of nitrogens with zero attached hydrogens (tertiary/aromatic N) is 4. The summed E-state index contributed by atoms with van der Waals surface area (Å²) in [6.45, 7) is 3.62. The molecule has 0 saturated carbocycles. The smallest absolute Gasteiger partial charge is 0.434 e. The summed E-state index contributed by atoms with van der Waals surface area (Å²) in [6, 6.07) is 17.4. The number of carboxylic acids is 1. The molecule has 3 heterocycles. The molecule has 0 aliphatic carbocycles. The number of piperidine rings is 1. The second-order valence-corrected chi connectivity index (χ2v) is 10.6. The van der Waals surface area contributed by atoms with E-state index in [1.165, 1.54) is 17.7 Å². The number of ether oxygens (including phenoxy) is 1. The first kappa shape index (κ1) is 30.1. The molecule has 0 radical (unpaired) electrons. The summed E-state index contributed by atoms with van der Waals surface area (Å²) in [4.78, 5) is 29.6. The number of hydrogen-bond acceptors (Lipinski definition) is 5. The number of alkyl halides is 3. The van der Waals surface area contributed by atoms with E-state index in [-0.39, 0.29) is 24.0 Å². The van der Waals surface area contributed by atoms with Gasteiger partial charge in [-0.15, -0.1) is 0 Å². The van der Waals surface area contributed by atoms with Gasteiger partial charge in [0.2, 0.25) is 5.91 Å². The Morgan fingerprint density at radius 2 is 1.79 bits per heavy atom. The number of benzene rings is 2. The molecule has 0 bridgehead atoms. The zero-order valence-electron chi connectivity index (χ0n) is 23.1. The molecule has 8 nitrogen and oxygen atoms in total. The van der Waals surface area contributed by atoms with Crippen LogP contribution in [0.1, 0.15) is 59.3 Å². The molecule has 0 atom stereocenters. The van der Waals surface area contributed by atoms with E-state index in [9.17, 15) is 27.9 Å². The molecule has 12 heteroatoms. The molecule has 1 aliphatic heterocycles. The van der Waals surface area contributed by atoms with E-state index in [1.807, 2.05) is 24.0 Å². The van der Waals surface area contributed by atoms with E-state index >= 15 is 0 Å².